The predicted octanol–water partition coefficient (Wildman–Crippen LogP) is 0.718. The summed E-state index contributed by atoms with van der Waals surface area (Å²) in [6, 6.07) is 8.44. The minimum Gasteiger partial charge on any atom is -0.371 e. The summed E-state index contributed by atoms with van der Waals surface area (Å²) in [4.78, 5) is 13.3. The molecule has 1 aliphatic rings. The third-order valence-electron chi connectivity index (χ3n) is 3.27. The minimum absolute atomic E-state index is 0.00647. The van der Waals surface area contributed by atoms with Crippen LogP contribution in [0.5, 0.6) is 0 Å². The van der Waals surface area contributed by atoms with Gasteiger partial charge in [-0.05, 0) is 31.2 Å². The molecule has 1 saturated heterocycles. The molecular weight excluding hydrogens is 214 g/mol. The van der Waals surface area contributed by atoms with Gasteiger partial charge in [0.15, 0.2) is 0 Å². The lowest BCUT2D eigenvalue weighted by Gasteiger charge is -2.18. The molecule has 1 heterocycles. The standard InChI is InChI=1S/C13H19N3O/c1-15-8-10-2-4-12(5-3-10)16-7-6-11(9-16)13(14)17/h2-5,11,15H,6-9H2,1H3,(H2,14,17). The van der Waals surface area contributed by atoms with Crippen LogP contribution in [0.4, 0.5) is 5.69 Å². The number of hydrogen-bond donors (Lipinski definition) is 2. The highest BCUT2D eigenvalue weighted by molar-refractivity contribution is 5.78. The maximum atomic E-state index is 11.1. The molecule has 0 radical (unpaired) electrons. The third-order valence-corrected chi connectivity index (χ3v) is 3.27. The van der Waals surface area contributed by atoms with Crippen molar-refractivity contribution in [2.24, 2.45) is 11.7 Å². The lowest BCUT2D eigenvalue weighted by molar-refractivity contribution is -0.121. The summed E-state index contributed by atoms with van der Waals surface area (Å²) in [6.07, 6.45) is 0.869. The highest BCUT2D eigenvalue weighted by atomic mass is 16.1. The van der Waals surface area contributed by atoms with E-state index in [1.807, 2.05) is 7.05 Å². The van der Waals surface area contributed by atoms with Crippen molar-refractivity contribution >= 4 is 11.6 Å². The Morgan fingerprint density at radius 3 is 2.71 bits per heavy atom. The van der Waals surface area contributed by atoms with E-state index in [0.29, 0.717) is 0 Å². The normalized spacial score (nSPS) is 19.6. The predicted molar refractivity (Wildman–Crippen MR) is 68.7 cm³/mol. The van der Waals surface area contributed by atoms with Gasteiger partial charge in [-0.2, -0.15) is 0 Å². The van der Waals surface area contributed by atoms with Gasteiger partial charge in [-0.15, -0.1) is 0 Å². The van der Waals surface area contributed by atoms with Gasteiger partial charge in [0.25, 0.3) is 0 Å². The monoisotopic (exact) mass is 233 g/mol. The summed E-state index contributed by atoms with van der Waals surface area (Å²) in [6.45, 7) is 2.55. The molecular formula is C13H19N3O. The van der Waals surface area contributed by atoms with E-state index in [9.17, 15) is 4.79 Å². The molecule has 1 aromatic carbocycles. The molecule has 4 heteroatoms. The van der Waals surface area contributed by atoms with Gasteiger partial charge in [0.05, 0.1) is 5.92 Å². The maximum absolute atomic E-state index is 11.1. The fourth-order valence-corrected chi connectivity index (χ4v) is 2.26. The molecule has 1 aromatic rings. The highest BCUT2D eigenvalue weighted by Gasteiger charge is 2.26. The number of nitrogens with one attached hydrogen (secondary N) is 1. The quantitative estimate of drug-likeness (QED) is 0.805. The Bertz CT molecular complexity index is 388. The fourth-order valence-electron chi connectivity index (χ4n) is 2.26. The number of amides is 1. The number of hydrogen-bond acceptors (Lipinski definition) is 3. The molecule has 1 fully saturated rings. The molecule has 0 bridgehead atoms. The summed E-state index contributed by atoms with van der Waals surface area (Å²) < 4.78 is 0. The van der Waals surface area contributed by atoms with Crippen LogP contribution in [0, 0.1) is 5.92 Å². The molecule has 92 valence electrons. The van der Waals surface area contributed by atoms with Crippen molar-refractivity contribution in [1.29, 1.82) is 0 Å². The number of nitrogens with zero attached hydrogens (tertiary/aromatic N) is 1. The second kappa shape index (κ2) is 5.19. The van der Waals surface area contributed by atoms with Gasteiger partial charge < -0.3 is 16.0 Å². The molecule has 1 atom stereocenters. The lowest BCUT2D eigenvalue weighted by atomic mass is 10.1. The maximum Gasteiger partial charge on any atom is 0.222 e. The van der Waals surface area contributed by atoms with Gasteiger partial charge >= 0.3 is 0 Å². The molecule has 2 rings (SSSR count). The molecule has 1 unspecified atom stereocenters. The third kappa shape index (κ3) is 2.77. The van der Waals surface area contributed by atoms with E-state index in [1.54, 1.807) is 0 Å². The molecule has 0 aromatic heterocycles. The number of carbonyl (C=O) groups is 1. The van der Waals surface area contributed by atoms with E-state index in [-0.39, 0.29) is 11.8 Å². The van der Waals surface area contributed by atoms with Crippen molar-refractivity contribution < 1.29 is 4.79 Å². The number of anilines is 1. The zero-order chi connectivity index (χ0) is 12.3. The first-order valence-corrected chi connectivity index (χ1v) is 5.98. The van der Waals surface area contributed by atoms with Crippen molar-refractivity contribution in [1.82, 2.24) is 5.32 Å². The Balaban J connectivity index is 2.01. The first-order chi connectivity index (χ1) is 8.20. The van der Waals surface area contributed by atoms with Crippen molar-refractivity contribution in [3.63, 3.8) is 0 Å². The Labute approximate surface area is 102 Å². The summed E-state index contributed by atoms with van der Waals surface area (Å²) in [5, 5.41) is 3.12. The summed E-state index contributed by atoms with van der Waals surface area (Å²) in [7, 11) is 1.94. The van der Waals surface area contributed by atoms with Crippen LogP contribution in [0.2, 0.25) is 0 Å². The van der Waals surface area contributed by atoms with Crippen LogP contribution in [0.3, 0.4) is 0 Å². The fraction of sp³-hybridized carbons (Fsp3) is 0.462. The van der Waals surface area contributed by atoms with Gasteiger partial charge in [-0.3, -0.25) is 4.79 Å². The van der Waals surface area contributed by atoms with Crippen LogP contribution >= 0.6 is 0 Å². The summed E-state index contributed by atoms with van der Waals surface area (Å²) in [5.41, 5.74) is 7.77. The molecule has 4 nitrogen and oxygen atoms in total. The van der Waals surface area contributed by atoms with Gasteiger partial charge in [0, 0.05) is 25.3 Å². The van der Waals surface area contributed by atoms with E-state index in [4.69, 9.17) is 5.73 Å². The van der Waals surface area contributed by atoms with Crippen molar-refractivity contribution in [3.05, 3.63) is 29.8 Å². The number of nitrogens with two attached hydrogens (primary N) is 1. The van der Waals surface area contributed by atoms with Gasteiger partial charge in [-0.1, -0.05) is 12.1 Å². The number of primary amides is 1. The SMILES string of the molecule is CNCc1ccc(N2CCC(C(N)=O)C2)cc1. The Morgan fingerprint density at radius 2 is 2.18 bits per heavy atom. The van der Waals surface area contributed by atoms with Gasteiger partial charge in [-0.25, -0.2) is 0 Å². The highest BCUT2D eigenvalue weighted by Crippen LogP contribution is 2.23. The molecule has 0 saturated carbocycles. The minimum atomic E-state index is -0.181. The second-order valence-corrected chi connectivity index (χ2v) is 4.53. The topological polar surface area (TPSA) is 58.4 Å². The van der Waals surface area contributed by atoms with Crippen LogP contribution in [0.1, 0.15) is 12.0 Å². The Kier molecular flexibility index (Phi) is 3.64. The summed E-state index contributed by atoms with van der Waals surface area (Å²) >= 11 is 0. The van der Waals surface area contributed by atoms with Crippen molar-refractivity contribution in [2.75, 3.05) is 25.0 Å². The molecule has 1 aliphatic heterocycles. The zero-order valence-corrected chi connectivity index (χ0v) is 10.1. The van der Waals surface area contributed by atoms with E-state index < -0.39 is 0 Å². The van der Waals surface area contributed by atoms with Crippen LogP contribution < -0.4 is 16.0 Å². The number of carbonyl (C=O) groups excluding carboxylic acids is 1. The van der Waals surface area contributed by atoms with E-state index in [2.05, 4.69) is 34.5 Å². The first-order valence-electron chi connectivity index (χ1n) is 5.98. The Hall–Kier alpha value is -1.55. The van der Waals surface area contributed by atoms with Crippen molar-refractivity contribution in [3.8, 4) is 0 Å². The van der Waals surface area contributed by atoms with E-state index in [1.165, 1.54) is 11.3 Å². The number of rotatable bonds is 4. The molecule has 1 amide bonds. The lowest BCUT2D eigenvalue weighted by Crippen LogP contribution is -2.27. The van der Waals surface area contributed by atoms with E-state index >= 15 is 0 Å². The van der Waals surface area contributed by atoms with Gasteiger partial charge in [0.2, 0.25) is 5.91 Å². The smallest absolute Gasteiger partial charge is 0.222 e. The second-order valence-electron chi connectivity index (χ2n) is 4.53. The van der Waals surface area contributed by atoms with E-state index in [0.717, 1.165) is 26.1 Å². The van der Waals surface area contributed by atoms with Crippen LogP contribution in [0.15, 0.2) is 24.3 Å². The average Bonchev–Trinajstić information content (AvgIpc) is 2.80. The zero-order valence-electron chi connectivity index (χ0n) is 10.1. The van der Waals surface area contributed by atoms with Crippen molar-refractivity contribution in [2.45, 2.75) is 13.0 Å². The summed E-state index contributed by atoms with van der Waals surface area (Å²) in [5.74, 6) is -0.175. The molecule has 0 spiro atoms. The molecule has 0 aliphatic carbocycles. The largest absolute Gasteiger partial charge is 0.371 e. The van der Waals surface area contributed by atoms with Crippen LogP contribution in [-0.4, -0.2) is 26.0 Å². The van der Waals surface area contributed by atoms with Crippen LogP contribution in [0.25, 0.3) is 0 Å². The molecule has 3 N–H and O–H groups in total. The first kappa shape index (κ1) is 11.9. The molecule has 17 heavy (non-hydrogen) atoms. The number of benzene rings is 1. The Morgan fingerprint density at radius 1 is 1.47 bits per heavy atom. The van der Waals surface area contributed by atoms with Gasteiger partial charge in [0.1, 0.15) is 0 Å². The van der Waals surface area contributed by atoms with Crippen LogP contribution in [-0.2, 0) is 11.3 Å². The average molecular weight is 233 g/mol.